The van der Waals surface area contributed by atoms with Gasteiger partial charge in [-0.1, -0.05) is 12.1 Å². The lowest BCUT2D eigenvalue weighted by Crippen LogP contribution is -2.56. The lowest BCUT2D eigenvalue weighted by molar-refractivity contribution is 0.0956. The Kier molecular flexibility index (Phi) is 5.17. The number of amides is 1. The maximum absolute atomic E-state index is 14.7. The highest BCUT2D eigenvalue weighted by molar-refractivity contribution is 7.90. The summed E-state index contributed by atoms with van der Waals surface area (Å²) in [5.74, 6) is -1.70. The van der Waals surface area contributed by atoms with Gasteiger partial charge in [0.2, 0.25) is 0 Å². The Balaban J connectivity index is 1.63. The summed E-state index contributed by atoms with van der Waals surface area (Å²) in [6.07, 6.45) is 0.986. The van der Waals surface area contributed by atoms with Crippen molar-refractivity contribution in [3.05, 3.63) is 54.0 Å². The van der Waals surface area contributed by atoms with E-state index in [1.807, 2.05) is 9.62 Å². The molecule has 4 rings (SSSR count). The average Bonchev–Trinajstić information content (AvgIpc) is 3.12. The molecule has 1 saturated heterocycles. The third-order valence-corrected chi connectivity index (χ3v) is 6.82. The van der Waals surface area contributed by atoms with Crippen molar-refractivity contribution >= 4 is 32.6 Å². The molecule has 1 N–H and O–H groups in total. The molecule has 164 valence electrons. The molecule has 9 heteroatoms. The Hall–Kier alpha value is -3.07. The number of hydrogen-bond donors (Lipinski definition) is 1. The topological polar surface area (TPSA) is 88.8 Å². The van der Waals surface area contributed by atoms with E-state index in [1.54, 1.807) is 19.1 Å². The predicted octanol–water partition coefficient (Wildman–Crippen LogP) is 4.08. The third kappa shape index (κ3) is 3.85. The molecule has 1 fully saturated rings. The Morgan fingerprint density at radius 2 is 2.00 bits per heavy atom. The number of carbonyl (C=O) groups is 1. The van der Waals surface area contributed by atoms with Gasteiger partial charge in [0, 0.05) is 29.9 Å². The molecule has 2 aromatic carbocycles. The molecular weight excluding hydrogens is 423 g/mol. The third-order valence-electron chi connectivity index (χ3n) is 5.45. The van der Waals surface area contributed by atoms with Crippen LogP contribution in [-0.4, -0.2) is 33.0 Å². The van der Waals surface area contributed by atoms with Crippen molar-refractivity contribution in [1.29, 1.82) is 0 Å². The fraction of sp³-hybridized carbons (Fsp3) is 0.318. The van der Waals surface area contributed by atoms with Gasteiger partial charge in [-0.2, -0.15) is 0 Å². The van der Waals surface area contributed by atoms with Crippen molar-refractivity contribution < 1.29 is 26.8 Å². The number of fused-ring (bicyclic) bond motifs is 1. The van der Waals surface area contributed by atoms with E-state index in [0.717, 1.165) is 13.0 Å². The first-order valence-corrected chi connectivity index (χ1v) is 11.4. The number of para-hydroxylation sites is 1. The van der Waals surface area contributed by atoms with Crippen LogP contribution >= 0.6 is 0 Å². The summed E-state index contributed by atoms with van der Waals surface area (Å²) in [6.45, 7) is 6.90. The standard InChI is InChI=1S/C22H23FN2O5S/c1-4-29-17-7-5-6-8-20(17)31(27,28)24-21(26)19-13-15-16(23)11-14(12-18(15)30-19)25-10-9-22(25,2)3/h5-8,11-13H,4,9-10H2,1-3H3,(H,24,26). The second-order valence-electron chi connectivity index (χ2n) is 7.98. The van der Waals surface area contributed by atoms with Crippen LogP contribution in [0.1, 0.15) is 37.7 Å². The molecule has 7 nitrogen and oxygen atoms in total. The van der Waals surface area contributed by atoms with E-state index in [-0.39, 0.29) is 39.5 Å². The predicted molar refractivity (Wildman–Crippen MR) is 114 cm³/mol. The van der Waals surface area contributed by atoms with E-state index in [2.05, 4.69) is 13.8 Å². The summed E-state index contributed by atoms with van der Waals surface area (Å²) in [4.78, 5) is 14.5. The highest BCUT2D eigenvalue weighted by Gasteiger charge is 2.36. The number of carbonyl (C=O) groups excluding carboxylic acids is 1. The number of nitrogens with one attached hydrogen (secondary N) is 1. The molecule has 1 aliphatic rings. The number of nitrogens with zero attached hydrogens (tertiary/aromatic N) is 1. The summed E-state index contributed by atoms with van der Waals surface area (Å²) in [7, 11) is -4.23. The Morgan fingerprint density at radius 1 is 1.26 bits per heavy atom. The van der Waals surface area contributed by atoms with Gasteiger partial charge < -0.3 is 14.1 Å². The van der Waals surface area contributed by atoms with Crippen molar-refractivity contribution in [3.63, 3.8) is 0 Å². The minimum absolute atomic E-state index is 0.0883. The van der Waals surface area contributed by atoms with Gasteiger partial charge in [0.05, 0.1) is 12.0 Å². The van der Waals surface area contributed by atoms with E-state index in [4.69, 9.17) is 9.15 Å². The van der Waals surface area contributed by atoms with Crippen LogP contribution in [0.2, 0.25) is 0 Å². The van der Waals surface area contributed by atoms with Gasteiger partial charge in [-0.3, -0.25) is 4.79 Å². The number of anilines is 1. The van der Waals surface area contributed by atoms with Crippen molar-refractivity contribution in [2.75, 3.05) is 18.1 Å². The first-order chi connectivity index (χ1) is 14.6. The van der Waals surface area contributed by atoms with E-state index in [9.17, 15) is 17.6 Å². The Labute approximate surface area is 179 Å². The van der Waals surface area contributed by atoms with Crippen LogP contribution in [-0.2, 0) is 10.0 Å². The second kappa shape index (κ2) is 7.56. The molecule has 0 aliphatic carbocycles. The van der Waals surface area contributed by atoms with Crippen LogP contribution < -0.4 is 14.4 Å². The van der Waals surface area contributed by atoms with E-state index >= 15 is 0 Å². The van der Waals surface area contributed by atoms with Gasteiger partial charge >= 0.3 is 5.91 Å². The van der Waals surface area contributed by atoms with Gasteiger partial charge in [-0.15, -0.1) is 0 Å². The van der Waals surface area contributed by atoms with Gasteiger partial charge in [-0.05, 0) is 45.4 Å². The van der Waals surface area contributed by atoms with E-state index < -0.39 is 21.7 Å². The molecule has 0 bridgehead atoms. The van der Waals surface area contributed by atoms with Gasteiger partial charge in [0.25, 0.3) is 10.0 Å². The zero-order valence-corrected chi connectivity index (χ0v) is 18.3. The number of halogens is 1. The summed E-state index contributed by atoms with van der Waals surface area (Å²) in [6, 6.07) is 10.2. The van der Waals surface area contributed by atoms with Crippen molar-refractivity contribution in [1.82, 2.24) is 4.72 Å². The van der Waals surface area contributed by atoms with E-state index in [1.165, 1.54) is 30.3 Å². The molecule has 2 heterocycles. The van der Waals surface area contributed by atoms with E-state index in [0.29, 0.717) is 5.69 Å². The number of benzene rings is 2. The zero-order chi connectivity index (χ0) is 22.4. The molecule has 31 heavy (non-hydrogen) atoms. The molecule has 0 spiro atoms. The maximum atomic E-state index is 14.7. The molecular formula is C22H23FN2O5S. The molecule has 3 aromatic rings. The van der Waals surface area contributed by atoms with Gasteiger partial charge in [0.1, 0.15) is 22.0 Å². The Bertz CT molecular complexity index is 1270. The lowest BCUT2D eigenvalue weighted by Gasteiger charge is -2.50. The molecule has 0 atom stereocenters. The Morgan fingerprint density at radius 3 is 2.65 bits per heavy atom. The fourth-order valence-electron chi connectivity index (χ4n) is 3.67. The quantitative estimate of drug-likeness (QED) is 0.614. The van der Waals surface area contributed by atoms with Crippen molar-refractivity contribution in [2.24, 2.45) is 0 Å². The lowest BCUT2D eigenvalue weighted by atomic mass is 9.88. The van der Waals surface area contributed by atoms with Crippen molar-refractivity contribution in [3.8, 4) is 5.75 Å². The SMILES string of the molecule is CCOc1ccccc1S(=O)(=O)NC(=O)c1cc2c(F)cc(N3CCC3(C)C)cc2o1. The first kappa shape index (κ1) is 21.2. The minimum Gasteiger partial charge on any atom is -0.492 e. The van der Waals surface area contributed by atoms with Gasteiger partial charge in [0.15, 0.2) is 5.76 Å². The molecule has 0 unspecified atom stereocenters. The van der Waals surface area contributed by atoms with Crippen LogP contribution in [0.4, 0.5) is 10.1 Å². The number of rotatable bonds is 6. The summed E-state index contributed by atoms with van der Waals surface area (Å²) in [5.41, 5.74) is 0.741. The van der Waals surface area contributed by atoms with Gasteiger partial charge in [-0.25, -0.2) is 17.5 Å². The van der Waals surface area contributed by atoms with Crippen LogP contribution in [0, 0.1) is 5.82 Å². The largest absolute Gasteiger partial charge is 0.492 e. The average molecular weight is 447 g/mol. The normalized spacial score (nSPS) is 15.5. The number of ether oxygens (including phenoxy) is 1. The molecule has 1 aromatic heterocycles. The van der Waals surface area contributed by atoms with Crippen LogP contribution in [0.3, 0.4) is 0 Å². The summed E-state index contributed by atoms with van der Waals surface area (Å²) < 4.78 is 53.0. The second-order valence-corrected chi connectivity index (χ2v) is 9.63. The van der Waals surface area contributed by atoms with Crippen molar-refractivity contribution in [2.45, 2.75) is 37.6 Å². The smallest absolute Gasteiger partial charge is 0.300 e. The highest BCUT2D eigenvalue weighted by Crippen LogP contribution is 2.38. The van der Waals surface area contributed by atoms with Crippen LogP contribution in [0.5, 0.6) is 5.75 Å². The first-order valence-electron chi connectivity index (χ1n) is 9.92. The molecule has 0 radical (unpaired) electrons. The maximum Gasteiger partial charge on any atom is 0.300 e. The molecule has 1 aliphatic heterocycles. The highest BCUT2D eigenvalue weighted by atomic mass is 32.2. The molecule has 1 amide bonds. The zero-order valence-electron chi connectivity index (χ0n) is 17.4. The number of furan rings is 1. The molecule has 0 saturated carbocycles. The monoisotopic (exact) mass is 446 g/mol. The summed E-state index contributed by atoms with van der Waals surface area (Å²) in [5, 5.41) is 0.111. The minimum atomic E-state index is -4.23. The van der Waals surface area contributed by atoms with Crippen LogP contribution in [0.25, 0.3) is 11.0 Å². The summed E-state index contributed by atoms with van der Waals surface area (Å²) >= 11 is 0. The van der Waals surface area contributed by atoms with Crippen LogP contribution in [0.15, 0.2) is 51.8 Å². The number of sulfonamides is 1. The fourth-order valence-corrected chi connectivity index (χ4v) is 4.78. The number of hydrogen-bond acceptors (Lipinski definition) is 6.